The van der Waals surface area contributed by atoms with E-state index in [1.807, 2.05) is 44.4 Å². The molecule has 0 aliphatic carbocycles. The lowest BCUT2D eigenvalue weighted by Crippen LogP contribution is -2.42. The number of rotatable bonds is 7. The lowest BCUT2D eigenvalue weighted by Gasteiger charge is -2.33. The lowest BCUT2D eigenvalue weighted by molar-refractivity contribution is -0.142. The molecule has 0 unspecified atom stereocenters. The number of ether oxygens (including phenoxy) is 3. The molecule has 0 radical (unpaired) electrons. The molecule has 1 aliphatic heterocycles. The van der Waals surface area contributed by atoms with Gasteiger partial charge in [0.05, 0.1) is 31.0 Å². The second-order valence-electron chi connectivity index (χ2n) is 9.31. The Morgan fingerprint density at radius 1 is 1.14 bits per heavy atom. The number of thiazole rings is 1. The zero-order chi connectivity index (χ0) is 25.4. The van der Waals surface area contributed by atoms with E-state index in [1.165, 1.54) is 11.3 Å². The zero-order valence-electron chi connectivity index (χ0n) is 20.7. The minimum Gasteiger partial charge on any atom is -0.466 e. The standard InChI is InChI=1S/C25H33N3O6S/c1-5-32-21(29)14-18-16-35-22(26-18)19-8-6-7-9-20(19)27-23(30)33-15-17-10-12-28(13-11-17)24(31)34-25(2,3)4/h6-9,16-17H,5,10-15H2,1-4H3,(H,27,30). The molecule has 35 heavy (non-hydrogen) atoms. The fraction of sp³-hybridized carbons (Fsp3) is 0.520. The summed E-state index contributed by atoms with van der Waals surface area (Å²) in [7, 11) is 0. The fourth-order valence-electron chi connectivity index (χ4n) is 3.60. The Hall–Kier alpha value is -3.14. The summed E-state index contributed by atoms with van der Waals surface area (Å²) in [5, 5.41) is 5.30. The number of anilines is 1. The van der Waals surface area contributed by atoms with E-state index in [2.05, 4.69) is 10.3 Å². The number of aromatic nitrogens is 1. The van der Waals surface area contributed by atoms with Crippen molar-refractivity contribution in [2.75, 3.05) is 31.6 Å². The molecule has 0 spiro atoms. The van der Waals surface area contributed by atoms with Crippen molar-refractivity contribution in [1.29, 1.82) is 0 Å². The van der Waals surface area contributed by atoms with Crippen molar-refractivity contribution in [2.45, 2.75) is 52.6 Å². The van der Waals surface area contributed by atoms with Crippen molar-refractivity contribution in [3.63, 3.8) is 0 Å². The predicted molar refractivity (Wildman–Crippen MR) is 133 cm³/mol. The fourth-order valence-corrected chi connectivity index (χ4v) is 4.46. The first-order chi connectivity index (χ1) is 16.6. The topological polar surface area (TPSA) is 107 Å². The number of hydrogen-bond acceptors (Lipinski definition) is 8. The number of amides is 2. The van der Waals surface area contributed by atoms with Crippen LogP contribution < -0.4 is 5.32 Å². The highest BCUT2D eigenvalue weighted by molar-refractivity contribution is 7.13. The molecule has 0 saturated carbocycles. The SMILES string of the molecule is CCOC(=O)Cc1csc(-c2ccccc2NC(=O)OCC2CCN(C(=O)OC(C)(C)C)CC2)n1. The van der Waals surface area contributed by atoms with E-state index >= 15 is 0 Å². The molecule has 9 nitrogen and oxygen atoms in total. The summed E-state index contributed by atoms with van der Waals surface area (Å²) in [6.45, 7) is 9.05. The maximum absolute atomic E-state index is 12.5. The summed E-state index contributed by atoms with van der Waals surface area (Å²) in [4.78, 5) is 42.6. The van der Waals surface area contributed by atoms with E-state index in [4.69, 9.17) is 14.2 Å². The van der Waals surface area contributed by atoms with Gasteiger partial charge in [-0.15, -0.1) is 11.3 Å². The van der Waals surface area contributed by atoms with Crippen LogP contribution >= 0.6 is 11.3 Å². The second-order valence-corrected chi connectivity index (χ2v) is 10.2. The van der Waals surface area contributed by atoms with E-state index in [9.17, 15) is 14.4 Å². The molecule has 1 aromatic heterocycles. The number of piperidine rings is 1. The van der Waals surface area contributed by atoms with E-state index < -0.39 is 11.7 Å². The van der Waals surface area contributed by atoms with Gasteiger partial charge < -0.3 is 19.1 Å². The number of esters is 1. The van der Waals surface area contributed by atoms with Gasteiger partial charge in [-0.05, 0) is 58.6 Å². The first-order valence-electron chi connectivity index (χ1n) is 11.8. The van der Waals surface area contributed by atoms with Crippen LogP contribution in [0, 0.1) is 5.92 Å². The van der Waals surface area contributed by atoms with Gasteiger partial charge in [0.2, 0.25) is 0 Å². The van der Waals surface area contributed by atoms with Gasteiger partial charge in [0, 0.05) is 24.0 Å². The molecule has 1 aliphatic rings. The van der Waals surface area contributed by atoms with Gasteiger partial charge in [0.25, 0.3) is 0 Å². The third kappa shape index (κ3) is 8.24. The van der Waals surface area contributed by atoms with Crippen LogP contribution in [-0.4, -0.2) is 59.9 Å². The largest absolute Gasteiger partial charge is 0.466 e. The summed E-state index contributed by atoms with van der Waals surface area (Å²) in [6.07, 6.45) is 0.736. The average molecular weight is 504 g/mol. The highest BCUT2D eigenvalue weighted by Crippen LogP contribution is 2.31. The van der Waals surface area contributed by atoms with Crippen LogP contribution in [0.3, 0.4) is 0 Å². The van der Waals surface area contributed by atoms with Crippen molar-refractivity contribution in [3.05, 3.63) is 35.3 Å². The van der Waals surface area contributed by atoms with Crippen LogP contribution in [0.4, 0.5) is 15.3 Å². The maximum atomic E-state index is 12.5. The first kappa shape index (κ1) is 26.5. The smallest absolute Gasteiger partial charge is 0.411 e. The molecule has 3 rings (SSSR count). The molecule has 1 aromatic carbocycles. The third-order valence-electron chi connectivity index (χ3n) is 5.29. The van der Waals surface area contributed by atoms with Gasteiger partial charge >= 0.3 is 18.2 Å². The minimum atomic E-state index is -0.546. The van der Waals surface area contributed by atoms with Gasteiger partial charge in [0.15, 0.2) is 0 Å². The number of carbonyl (C=O) groups is 3. The highest BCUT2D eigenvalue weighted by Gasteiger charge is 2.27. The number of nitrogens with zero attached hydrogens (tertiary/aromatic N) is 2. The van der Waals surface area contributed by atoms with Gasteiger partial charge in [-0.25, -0.2) is 14.6 Å². The Bertz CT molecular complexity index is 1020. The van der Waals surface area contributed by atoms with Crippen molar-refractivity contribution in [2.24, 2.45) is 5.92 Å². The van der Waals surface area contributed by atoms with Crippen LogP contribution in [0.1, 0.15) is 46.2 Å². The lowest BCUT2D eigenvalue weighted by atomic mass is 9.98. The predicted octanol–water partition coefficient (Wildman–Crippen LogP) is 5.11. The van der Waals surface area contributed by atoms with E-state index in [-0.39, 0.29) is 31.0 Å². The normalized spacial score (nSPS) is 14.3. The Labute approximate surface area is 209 Å². The minimum absolute atomic E-state index is 0.106. The quantitative estimate of drug-likeness (QED) is 0.413. The molecule has 2 amide bonds. The number of hydrogen-bond donors (Lipinski definition) is 1. The van der Waals surface area contributed by atoms with Crippen molar-refractivity contribution < 1.29 is 28.6 Å². The van der Waals surface area contributed by atoms with Crippen molar-refractivity contribution >= 4 is 35.2 Å². The van der Waals surface area contributed by atoms with Crippen LogP contribution in [0.25, 0.3) is 10.6 Å². The summed E-state index contributed by atoms with van der Waals surface area (Å²) >= 11 is 1.39. The number of nitrogens with one attached hydrogen (secondary N) is 1. The van der Waals surface area contributed by atoms with Crippen LogP contribution in [0.5, 0.6) is 0 Å². The van der Waals surface area contributed by atoms with Gasteiger partial charge in [-0.1, -0.05) is 12.1 Å². The first-order valence-corrected chi connectivity index (χ1v) is 12.6. The van der Waals surface area contributed by atoms with E-state index in [0.717, 1.165) is 18.4 Å². The molecular weight excluding hydrogens is 470 g/mol. The Kier molecular flexibility index (Phi) is 9.08. The summed E-state index contributed by atoms with van der Waals surface area (Å²) < 4.78 is 15.9. The van der Waals surface area contributed by atoms with Crippen LogP contribution in [-0.2, 0) is 25.4 Å². The molecule has 1 saturated heterocycles. The number of likely N-dealkylation sites (tertiary alicyclic amines) is 1. The van der Waals surface area contributed by atoms with Gasteiger partial charge in [0.1, 0.15) is 10.6 Å². The molecule has 2 heterocycles. The van der Waals surface area contributed by atoms with Crippen molar-refractivity contribution in [1.82, 2.24) is 9.88 Å². The summed E-state index contributed by atoms with van der Waals surface area (Å²) in [5.41, 5.74) is 1.43. The van der Waals surface area contributed by atoms with Crippen LogP contribution in [0.15, 0.2) is 29.6 Å². The summed E-state index contributed by atoms with van der Waals surface area (Å²) in [6, 6.07) is 7.31. The molecule has 190 valence electrons. The van der Waals surface area contributed by atoms with Gasteiger partial charge in [-0.2, -0.15) is 0 Å². The highest BCUT2D eigenvalue weighted by atomic mass is 32.1. The second kappa shape index (κ2) is 12.0. The van der Waals surface area contributed by atoms with E-state index in [0.29, 0.717) is 36.1 Å². The number of para-hydroxylation sites is 1. The number of benzene rings is 1. The van der Waals surface area contributed by atoms with Crippen molar-refractivity contribution in [3.8, 4) is 10.6 Å². The monoisotopic (exact) mass is 503 g/mol. The Morgan fingerprint density at radius 2 is 1.86 bits per heavy atom. The number of carbonyl (C=O) groups excluding carboxylic acids is 3. The Balaban J connectivity index is 1.50. The maximum Gasteiger partial charge on any atom is 0.411 e. The molecule has 10 heteroatoms. The van der Waals surface area contributed by atoms with E-state index in [1.54, 1.807) is 17.9 Å². The van der Waals surface area contributed by atoms with Gasteiger partial charge in [-0.3, -0.25) is 10.1 Å². The molecule has 1 fully saturated rings. The average Bonchev–Trinajstić information content (AvgIpc) is 3.25. The van der Waals surface area contributed by atoms with Crippen LogP contribution in [0.2, 0.25) is 0 Å². The molecular formula is C25H33N3O6S. The molecule has 2 aromatic rings. The molecule has 0 bridgehead atoms. The Morgan fingerprint density at radius 3 is 2.54 bits per heavy atom. The zero-order valence-corrected chi connectivity index (χ0v) is 21.5. The molecule has 0 atom stereocenters. The third-order valence-corrected chi connectivity index (χ3v) is 6.22. The molecule has 1 N–H and O–H groups in total. The summed E-state index contributed by atoms with van der Waals surface area (Å²) in [5.74, 6) is -0.143.